The lowest BCUT2D eigenvalue weighted by atomic mass is 10.8. The van der Waals surface area contributed by atoms with Crippen molar-refractivity contribution >= 4 is 44.8 Å². The van der Waals surface area contributed by atoms with Crippen molar-refractivity contribution in [3.05, 3.63) is 0 Å². The highest BCUT2D eigenvalue weighted by Crippen LogP contribution is 2.02. The first-order valence-corrected chi connectivity index (χ1v) is 5.07. The summed E-state index contributed by atoms with van der Waals surface area (Å²) in [6, 6.07) is 0. The van der Waals surface area contributed by atoms with Gasteiger partial charge in [0.05, 0.1) is 0 Å². The number of thioether (sulfide) groups is 1. The van der Waals surface area contributed by atoms with Crippen molar-refractivity contribution < 1.29 is 0 Å². The molecule has 0 amide bonds. The third kappa shape index (κ3) is 6.52. The predicted molar refractivity (Wildman–Crippen MR) is 60.1 cm³/mol. The molecular formula is C6H12N2S3. The van der Waals surface area contributed by atoms with E-state index in [0.717, 1.165) is 21.7 Å². The average Bonchev–Trinajstić information content (AvgIpc) is 1.87. The Hall–Kier alpha value is 0.130. The second-order valence-electron chi connectivity index (χ2n) is 1.74. The van der Waals surface area contributed by atoms with Gasteiger partial charge in [0.25, 0.3) is 0 Å². The van der Waals surface area contributed by atoms with E-state index in [-0.39, 0.29) is 0 Å². The van der Waals surface area contributed by atoms with Crippen LogP contribution in [0, 0.1) is 0 Å². The molecule has 0 aromatic heterocycles. The van der Waals surface area contributed by atoms with E-state index in [1.165, 1.54) is 11.8 Å². The fraction of sp³-hybridized carbons (Fsp3) is 0.667. The molecular weight excluding hydrogens is 196 g/mol. The monoisotopic (exact) mass is 208 g/mol. The molecule has 0 aromatic rings. The third-order valence-electron chi connectivity index (χ3n) is 0.828. The van der Waals surface area contributed by atoms with E-state index in [1.54, 1.807) is 0 Å². The van der Waals surface area contributed by atoms with E-state index in [2.05, 4.69) is 10.6 Å². The maximum absolute atomic E-state index is 4.97. The SMILES string of the molecule is CCNC(=S)SC(=S)NCC. The standard InChI is InChI=1S/C6H12N2S3/c1-3-7-5(9)11-6(10)8-4-2/h3-4H2,1-2H3,(H,7,9)(H,8,10). The summed E-state index contributed by atoms with van der Waals surface area (Å²) in [5.41, 5.74) is 0. The molecule has 0 aliphatic carbocycles. The van der Waals surface area contributed by atoms with Crippen LogP contribution in [-0.2, 0) is 0 Å². The molecule has 0 saturated heterocycles. The molecule has 11 heavy (non-hydrogen) atoms. The predicted octanol–water partition coefficient (Wildman–Crippen LogP) is 1.51. The Kier molecular flexibility index (Phi) is 6.90. The highest BCUT2D eigenvalue weighted by molar-refractivity contribution is 8.37. The lowest BCUT2D eigenvalue weighted by molar-refractivity contribution is 0.991. The quantitative estimate of drug-likeness (QED) is 0.670. The summed E-state index contributed by atoms with van der Waals surface area (Å²) in [5.74, 6) is 0. The Bertz CT molecular complexity index is 131. The van der Waals surface area contributed by atoms with Crippen LogP contribution >= 0.6 is 36.2 Å². The van der Waals surface area contributed by atoms with Crippen molar-refractivity contribution in [3.63, 3.8) is 0 Å². The summed E-state index contributed by atoms with van der Waals surface area (Å²) >= 11 is 11.3. The van der Waals surface area contributed by atoms with Crippen molar-refractivity contribution in [2.24, 2.45) is 0 Å². The lowest BCUT2D eigenvalue weighted by Crippen LogP contribution is -2.24. The lowest BCUT2D eigenvalue weighted by Gasteiger charge is -2.05. The number of thiocarbonyl (C=S) groups is 2. The molecule has 2 nitrogen and oxygen atoms in total. The molecule has 64 valence electrons. The molecule has 0 radical (unpaired) electrons. The van der Waals surface area contributed by atoms with Crippen LogP contribution < -0.4 is 10.6 Å². The number of nitrogens with one attached hydrogen (secondary N) is 2. The molecule has 0 aliphatic rings. The van der Waals surface area contributed by atoms with Gasteiger partial charge in [-0.2, -0.15) is 0 Å². The van der Waals surface area contributed by atoms with Gasteiger partial charge in [0.2, 0.25) is 0 Å². The zero-order chi connectivity index (χ0) is 8.69. The minimum Gasteiger partial charge on any atom is -0.371 e. The third-order valence-corrected chi connectivity index (χ3v) is 2.28. The first-order chi connectivity index (χ1) is 5.20. The fourth-order valence-corrected chi connectivity index (χ4v) is 1.99. The Morgan fingerprint density at radius 1 is 1.09 bits per heavy atom. The minimum atomic E-state index is 0.735. The molecule has 0 rings (SSSR count). The minimum absolute atomic E-state index is 0.735. The van der Waals surface area contributed by atoms with Gasteiger partial charge in [-0.3, -0.25) is 0 Å². The summed E-state index contributed by atoms with van der Waals surface area (Å²) in [5, 5.41) is 6.00. The molecule has 0 aromatic carbocycles. The van der Waals surface area contributed by atoms with Crippen molar-refractivity contribution in [1.29, 1.82) is 0 Å². The number of hydrogen-bond donors (Lipinski definition) is 2. The highest BCUT2D eigenvalue weighted by Gasteiger charge is 1.98. The van der Waals surface area contributed by atoms with Crippen LogP contribution in [0.15, 0.2) is 0 Å². The molecule has 2 N–H and O–H groups in total. The topological polar surface area (TPSA) is 24.1 Å². The zero-order valence-corrected chi connectivity index (χ0v) is 9.09. The van der Waals surface area contributed by atoms with E-state index in [0.29, 0.717) is 0 Å². The zero-order valence-electron chi connectivity index (χ0n) is 6.64. The van der Waals surface area contributed by atoms with Gasteiger partial charge >= 0.3 is 0 Å². The second-order valence-corrected chi connectivity index (χ2v) is 4.09. The molecule has 0 spiro atoms. The van der Waals surface area contributed by atoms with Gasteiger partial charge in [-0.25, -0.2) is 0 Å². The molecule has 0 bridgehead atoms. The van der Waals surface area contributed by atoms with Crippen LogP contribution in [0.2, 0.25) is 0 Å². The van der Waals surface area contributed by atoms with Gasteiger partial charge in [-0.1, -0.05) is 24.4 Å². The summed E-state index contributed by atoms with van der Waals surface area (Å²) in [6.45, 7) is 5.70. The average molecular weight is 208 g/mol. The normalized spacial score (nSPS) is 8.91. The van der Waals surface area contributed by atoms with Gasteiger partial charge in [0.1, 0.15) is 8.64 Å². The first-order valence-electron chi connectivity index (χ1n) is 3.44. The van der Waals surface area contributed by atoms with Gasteiger partial charge in [0.15, 0.2) is 0 Å². The Labute approximate surface area is 82.5 Å². The van der Waals surface area contributed by atoms with Crippen molar-refractivity contribution in [3.8, 4) is 0 Å². The first kappa shape index (κ1) is 11.1. The van der Waals surface area contributed by atoms with Crippen LogP contribution in [-0.4, -0.2) is 21.7 Å². The maximum atomic E-state index is 4.97. The molecule has 0 saturated carbocycles. The van der Waals surface area contributed by atoms with Gasteiger partial charge in [-0.05, 0) is 25.6 Å². The van der Waals surface area contributed by atoms with E-state index < -0.39 is 0 Å². The second kappa shape index (κ2) is 6.82. The van der Waals surface area contributed by atoms with Crippen molar-refractivity contribution in [1.82, 2.24) is 10.6 Å². The molecule has 0 unspecified atom stereocenters. The van der Waals surface area contributed by atoms with Crippen LogP contribution in [0.5, 0.6) is 0 Å². The summed E-state index contributed by atoms with van der Waals surface area (Å²) < 4.78 is 1.47. The van der Waals surface area contributed by atoms with E-state index in [4.69, 9.17) is 24.4 Å². The Balaban J connectivity index is 3.49. The summed E-state index contributed by atoms with van der Waals surface area (Å²) in [6.07, 6.45) is 0. The van der Waals surface area contributed by atoms with Gasteiger partial charge < -0.3 is 10.6 Å². The molecule has 0 fully saturated rings. The van der Waals surface area contributed by atoms with E-state index in [9.17, 15) is 0 Å². The largest absolute Gasteiger partial charge is 0.371 e. The van der Waals surface area contributed by atoms with Crippen LogP contribution in [0.25, 0.3) is 0 Å². The number of rotatable bonds is 2. The molecule has 0 heterocycles. The molecule has 0 aliphatic heterocycles. The van der Waals surface area contributed by atoms with Crippen LogP contribution in [0.1, 0.15) is 13.8 Å². The summed E-state index contributed by atoms with van der Waals surface area (Å²) in [4.78, 5) is 0. The van der Waals surface area contributed by atoms with Gasteiger partial charge in [0, 0.05) is 13.1 Å². The Morgan fingerprint density at radius 3 is 1.73 bits per heavy atom. The van der Waals surface area contributed by atoms with Crippen molar-refractivity contribution in [2.45, 2.75) is 13.8 Å². The van der Waals surface area contributed by atoms with E-state index in [1.807, 2.05) is 13.8 Å². The summed E-state index contributed by atoms with van der Waals surface area (Å²) in [7, 11) is 0. The van der Waals surface area contributed by atoms with Gasteiger partial charge in [-0.15, -0.1) is 0 Å². The van der Waals surface area contributed by atoms with Crippen LogP contribution in [0.4, 0.5) is 0 Å². The smallest absolute Gasteiger partial charge is 0.140 e. The Morgan fingerprint density at radius 2 is 1.45 bits per heavy atom. The van der Waals surface area contributed by atoms with Crippen molar-refractivity contribution in [2.75, 3.05) is 13.1 Å². The highest BCUT2D eigenvalue weighted by atomic mass is 32.2. The maximum Gasteiger partial charge on any atom is 0.140 e. The molecule has 0 atom stereocenters. The van der Waals surface area contributed by atoms with Crippen LogP contribution in [0.3, 0.4) is 0 Å². The fourth-order valence-electron chi connectivity index (χ4n) is 0.445. The molecule has 5 heteroatoms. The van der Waals surface area contributed by atoms with E-state index >= 15 is 0 Å². The number of hydrogen-bond acceptors (Lipinski definition) is 3.